The number of rotatable bonds is 3. The zero-order valence-corrected chi connectivity index (χ0v) is 14.9. The number of benzene rings is 1. The molecule has 0 spiro atoms. The molecule has 4 rings (SSSR count). The molecule has 2 aliphatic heterocycles. The van der Waals surface area contributed by atoms with Crippen LogP contribution in [-0.4, -0.2) is 76.3 Å². The highest BCUT2D eigenvalue weighted by Crippen LogP contribution is 2.22. The number of nitrogens with one attached hydrogen (secondary N) is 1. The third-order valence-electron chi connectivity index (χ3n) is 5.35. The van der Waals surface area contributed by atoms with Crippen molar-refractivity contribution in [2.45, 2.75) is 25.3 Å². The molecule has 0 radical (unpaired) electrons. The predicted octanol–water partition coefficient (Wildman–Crippen LogP) is 1.80. The minimum atomic E-state index is 0.0748. The highest BCUT2D eigenvalue weighted by molar-refractivity contribution is 6.00. The zero-order valence-electron chi connectivity index (χ0n) is 14.9. The summed E-state index contributed by atoms with van der Waals surface area (Å²) >= 11 is 0. The first-order valence-corrected chi connectivity index (χ1v) is 9.39. The molecule has 7 heteroatoms. The average molecular weight is 355 g/mol. The number of amides is 1. The average Bonchev–Trinajstić information content (AvgIpc) is 3.12. The van der Waals surface area contributed by atoms with Gasteiger partial charge in [-0.2, -0.15) is 5.10 Å². The van der Waals surface area contributed by atoms with Gasteiger partial charge in [-0.15, -0.1) is 0 Å². The Balaban J connectivity index is 1.47. The normalized spacial score (nSPS) is 20.1. The van der Waals surface area contributed by atoms with Crippen LogP contribution in [0.4, 0.5) is 0 Å². The fourth-order valence-corrected chi connectivity index (χ4v) is 3.94. The van der Waals surface area contributed by atoms with Crippen molar-refractivity contribution in [3.05, 3.63) is 36.2 Å². The quantitative estimate of drug-likeness (QED) is 0.909. The summed E-state index contributed by atoms with van der Waals surface area (Å²) in [5.74, 6) is 0.707. The second-order valence-electron chi connectivity index (χ2n) is 6.90. The topological polar surface area (TPSA) is 74.4 Å². The van der Waals surface area contributed by atoms with Gasteiger partial charge in [0.1, 0.15) is 6.33 Å². The van der Waals surface area contributed by atoms with E-state index in [1.807, 2.05) is 29.2 Å². The molecule has 0 bridgehead atoms. The molecular weight excluding hydrogens is 330 g/mol. The highest BCUT2D eigenvalue weighted by atomic mass is 16.5. The van der Waals surface area contributed by atoms with E-state index in [2.05, 4.69) is 20.1 Å². The van der Waals surface area contributed by atoms with Crippen LogP contribution in [0, 0.1) is 0 Å². The van der Waals surface area contributed by atoms with Gasteiger partial charge < -0.3 is 9.64 Å². The minimum absolute atomic E-state index is 0.0748. The molecule has 1 aromatic carbocycles. The van der Waals surface area contributed by atoms with E-state index in [-0.39, 0.29) is 5.91 Å². The summed E-state index contributed by atoms with van der Waals surface area (Å²) in [5, 5.41) is 6.77. The Kier molecular flexibility index (Phi) is 5.26. The first-order valence-electron chi connectivity index (χ1n) is 9.39. The maximum Gasteiger partial charge on any atom is 0.254 e. The molecule has 26 heavy (non-hydrogen) atoms. The molecule has 0 unspecified atom stereocenters. The largest absolute Gasteiger partial charge is 0.381 e. The van der Waals surface area contributed by atoms with Gasteiger partial charge in [-0.3, -0.25) is 14.8 Å². The summed E-state index contributed by atoms with van der Waals surface area (Å²) < 4.78 is 5.48. The molecule has 2 saturated heterocycles. The van der Waals surface area contributed by atoms with Crippen LogP contribution in [0.2, 0.25) is 0 Å². The van der Waals surface area contributed by atoms with Crippen molar-refractivity contribution >= 4 is 5.91 Å². The molecule has 1 amide bonds. The van der Waals surface area contributed by atoms with Gasteiger partial charge in [-0.25, -0.2) is 4.98 Å². The summed E-state index contributed by atoms with van der Waals surface area (Å²) in [4.78, 5) is 21.9. The fraction of sp³-hybridized carbons (Fsp3) is 0.526. The zero-order chi connectivity index (χ0) is 17.8. The van der Waals surface area contributed by atoms with Crippen molar-refractivity contribution in [3.8, 4) is 11.4 Å². The number of carbonyl (C=O) groups is 1. The summed E-state index contributed by atoms with van der Waals surface area (Å²) in [5.41, 5.74) is 1.49. The molecule has 7 nitrogen and oxygen atoms in total. The van der Waals surface area contributed by atoms with Gasteiger partial charge in [0.15, 0.2) is 5.82 Å². The summed E-state index contributed by atoms with van der Waals surface area (Å²) in [6, 6.07) is 8.21. The van der Waals surface area contributed by atoms with E-state index in [0.29, 0.717) is 17.4 Å². The number of nitrogens with zero attached hydrogens (tertiary/aromatic N) is 4. The monoisotopic (exact) mass is 355 g/mol. The molecule has 2 aromatic rings. The lowest BCUT2D eigenvalue weighted by molar-refractivity contribution is 0.0351. The van der Waals surface area contributed by atoms with Crippen LogP contribution in [0.25, 0.3) is 11.4 Å². The second-order valence-corrected chi connectivity index (χ2v) is 6.90. The summed E-state index contributed by atoms with van der Waals surface area (Å²) in [6.07, 6.45) is 4.67. The number of aromatic nitrogens is 3. The Bertz CT molecular complexity index is 727. The van der Waals surface area contributed by atoms with Crippen molar-refractivity contribution in [1.82, 2.24) is 25.0 Å². The summed E-state index contributed by atoms with van der Waals surface area (Å²) in [7, 11) is 0. The van der Waals surface area contributed by atoms with Crippen LogP contribution < -0.4 is 0 Å². The van der Waals surface area contributed by atoms with E-state index in [4.69, 9.17) is 4.74 Å². The lowest BCUT2D eigenvalue weighted by atomic mass is 10.1. The molecule has 0 aliphatic carbocycles. The first-order chi connectivity index (χ1) is 12.8. The highest BCUT2D eigenvalue weighted by Gasteiger charge is 2.27. The lowest BCUT2D eigenvalue weighted by Crippen LogP contribution is -2.42. The van der Waals surface area contributed by atoms with Gasteiger partial charge in [-0.05, 0) is 25.3 Å². The molecule has 1 N–H and O–H groups in total. The predicted molar refractivity (Wildman–Crippen MR) is 97.8 cm³/mol. The Labute approximate surface area is 153 Å². The third-order valence-corrected chi connectivity index (χ3v) is 5.35. The molecule has 3 heterocycles. The van der Waals surface area contributed by atoms with Gasteiger partial charge in [0, 0.05) is 51.0 Å². The van der Waals surface area contributed by atoms with E-state index >= 15 is 0 Å². The van der Waals surface area contributed by atoms with E-state index in [0.717, 1.165) is 64.2 Å². The van der Waals surface area contributed by atoms with Crippen LogP contribution in [0.15, 0.2) is 30.6 Å². The van der Waals surface area contributed by atoms with Crippen molar-refractivity contribution in [3.63, 3.8) is 0 Å². The maximum absolute atomic E-state index is 13.2. The Morgan fingerprint density at radius 3 is 2.77 bits per heavy atom. The van der Waals surface area contributed by atoms with E-state index in [1.54, 1.807) is 0 Å². The van der Waals surface area contributed by atoms with Gasteiger partial charge in [0.25, 0.3) is 5.91 Å². The molecule has 1 aromatic heterocycles. The molecule has 0 saturated carbocycles. The van der Waals surface area contributed by atoms with Crippen molar-refractivity contribution in [2.24, 2.45) is 0 Å². The number of hydrogen-bond donors (Lipinski definition) is 1. The number of hydrogen-bond acceptors (Lipinski definition) is 5. The SMILES string of the molecule is O=C(c1ccccc1-c1ncn[nH]1)N1CCCN(C2CCOCC2)CC1. The van der Waals surface area contributed by atoms with Gasteiger partial charge in [0.05, 0.1) is 5.56 Å². The third kappa shape index (κ3) is 3.64. The lowest BCUT2D eigenvalue weighted by Gasteiger charge is -2.33. The minimum Gasteiger partial charge on any atom is -0.381 e. The smallest absolute Gasteiger partial charge is 0.254 e. The summed E-state index contributed by atoms with van der Waals surface area (Å²) in [6.45, 7) is 5.26. The fourth-order valence-electron chi connectivity index (χ4n) is 3.94. The Hall–Kier alpha value is -2.25. The number of ether oxygens (including phenoxy) is 1. The Morgan fingerprint density at radius 1 is 1.12 bits per heavy atom. The molecular formula is C19H25N5O2. The molecule has 138 valence electrons. The van der Waals surface area contributed by atoms with E-state index in [1.165, 1.54) is 6.33 Å². The number of aromatic amines is 1. The van der Waals surface area contributed by atoms with Crippen molar-refractivity contribution in [1.29, 1.82) is 0 Å². The van der Waals surface area contributed by atoms with E-state index in [9.17, 15) is 4.79 Å². The number of carbonyl (C=O) groups excluding carboxylic acids is 1. The van der Waals surface area contributed by atoms with Crippen LogP contribution in [-0.2, 0) is 4.74 Å². The van der Waals surface area contributed by atoms with Crippen LogP contribution in [0.5, 0.6) is 0 Å². The molecule has 2 aliphatic rings. The maximum atomic E-state index is 13.2. The standard InChI is InChI=1S/C19H25N5O2/c25-19(17-5-2-1-4-16(17)18-20-14-21-22-18)24-9-3-8-23(10-11-24)15-6-12-26-13-7-15/h1-2,4-5,14-15H,3,6-13H2,(H,20,21,22). The van der Waals surface area contributed by atoms with Crippen molar-refractivity contribution in [2.75, 3.05) is 39.4 Å². The van der Waals surface area contributed by atoms with Crippen molar-refractivity contribution < 1.29 is 9.53 Å². The van der Waals surface area contributed by atoms with Gasteiger partial charge in [-0.1, -0.05) is 18.2 Å². The molecule has 0 atom stereocenters. The van der Waals surface area contributed by atoms with Crippen LogP contribution in [0.3, 0.4) is 0 Å². The number of H-pyrrole nitrogens is 1. The van der Waals surface area contributed by atoms with Gasteiger partial charge in [0.2, 0.25) is 0 Å². The van der Waals surface area contributed by atoms with E-state index < -0.39 is 0 Å². The van der Waals surface area contributed by atoms with Crippen LogP contribution >= 0.6 is 0 Å². The van der Waals surface area contributed by atoms with Gasteiger partial charge >= 0.3 is 0 Å². The van der Waals surface area contributed by atoms with Crippen LogP contribution in [0.1, 0.15) is 29.6 Å². The first kappa shape index (κ1) is 17.2. The molecule has 2 fully saturated rings. The second kappa shape index (κ2) is 7.97. The Morgan fingerprint density at radius 2 is 1.96 bits per heavy atom.